The highest BCUT2D eigenvalue weighted by Crippen LogP contribution is 2.24. The lowest BCUT2D eigenvalue weighted by Gasteiger charge is -2.34. The molecule has 0 radical (unpaired) electrons. The van der Waals surface area contributed by atoms with Crippen LogP contribution in [0.15, 0.2) is 48.5 Å². The number of hydrogen-bond donors (Lipinski definition) is 0. The molecule has 0 aromatic heterocycles. The number of carbonyl (C=O) groups is 2. The van der Waals surface area contributed by atoms with Gasteiger partial charge in [-0.3, -0.25) is 4.79 Å². The molecule has 1 aliphatic rings. The Morgan fingerprint density at radius 2 is 1.88 bits per heavy atom. The lowest BCUT2D eigenvalue weighted by Crippen LogP contribution is -2.49. The zero-order valence-electron chi connectivity index (χ0n) is 14.1. The molecule has 1 atom stereocenters. The first-order chi connectivity index (χ1) is 12.1. The van der Waals surface area contributed by atoms with Crippen molar-refractivity contribution in [1.29, 1.82) is 0 Å². The maximum atomic E-state index is 12.9. The van der Waals surface area contributed by atoms with E-state index in [1.807, 2.05) is 25.1 Å². The van der Waals surface area contributed by atoms with Gasteiger partial charge in [0.1, 0.15) is 11.8 Å². The standard InChI is InChI=1S/C20H20ClNO3/c1-14-13-15(10-11-17(14)21)19(23)22-12-6-5-9-18(22)20(24)25-16-7-3-2-4-8-16/h2-4,7-8,10-11,13,18H,5-6,9,12H2,1H3/t18-/m1/s1. The molecule has 3 rings (SSSR count). The van der Waals surface area contributed by atoms with Gasteiger partial charge in [-0.15, -0.1) is 0 Å². The summed E-state index contributed by atoms with van der Waals surface area (Å²) >= 11 is 6.04. The summed E-state index contributed by atoms with van der Waals surface area (Å²) in [4.78, 5) is 27.1. The minimum absolute atomic E-state index is 0.158. The number of piperidine rings is 1. The van der Waals surface area contributed by atoms with Crippen molar-refractivity contribution in [1.82, 2.24) is 4.90 Å². The number of amides is 1. The third-order valence-corrected chi connectivity index (χ3v) is 4.83. The molecule has 0 N–H and O–H groups in total. The third-order valence-electron chi connectivity index (χ3n) is 4.40. The van der Waals surface area contributed by atoms with E-state index in [2.05, 4.69) is 0 Å². The minimum atomic E-state index is -0.558. The summed E-state index contributed by atoms with van der Waals surface area (Å²) in [6.45, 7) is 2.41. The van der Waals surface area contributed by atoms with E-state index < -0.39 is 6.04 Å². The smallest absolute Gasteiger partial charge is 0.334 e. The highest BCUT2D eigenvalue weighted by Gasteiger charge is 2.34. The van der Waals surface area contributed by atoms with Gasteiger partial charge >= 0.3 is 5.97 Å². The van der Waals surface area contributed by atoms with Crippen LogP contribution in [0.1, 0.15) is 35.2 Å². The van der Waals surface area contributed by atoms with Gasteiger partial charge in [-0.05, 0) is 62.1 Å². The van der Waals surface area contributed by atoms with Crippen LogP contribution in [0.2, 0.25) is 5.02 Å². The molecule has 0 spiro atoms. The van der Waals surface area contributed by atoms with Crippen LogP contribution in [0, 0.1) is 6.92 Å². The van der Waals surface area contributed by atoms with Crippen LogP contribution < -0.4 is 4.74 Å². The molecule has 1 heterocycles. The van der Waals surface area contributed by atoms with E-state index >= 15 is 0 Å². The molecule has 2 aromatic rings. The van der Waals surface area contributed by atoms with Gasteiger partial charge in [-0.2, -0.15) is 0 Å². The molecular weight excluding hydrogens is 338 g/mol. The number of ether oxygens (including phenoxy) is 1. The highest BCUT2D eigenvalue weighted by molar-refractivity contribution is 6.31. The Labute approximate surface area is 152 Å². The summed E-state index contributed by atoms with van der Waals surface area (Å²) in [5.74, 6) is -0.0489. The summed E-state index contributed by atoms with van der Waals surface area (Å²) < 4.78 is 5.46. The predicted molar refractivity (Wildman–Crippen MR) is 96.9 cm³/mol. The number of hydrogen-bond acceptors (Lipinski definition) is 3. The van der Waals surface area contributed by atoms with Crippen LogP contribution in [0.5, 0.6) is 5.75 Å². The second kappa shape index (κ2) is 7.70. The molecule has 1 amide bonds. The normalized spacial score (nSPS) is 17.2. The number of halogens is 1. The van der Waals surface area contributed by atoms with Crippen molar-refractivity contribution in [2.75, 3.05) is 6.54 Å². The molecule has 1 fully saturated rings. The summed E-state index contributed by atoms with van der Waals surface area (Å²) in [7, 11) is 0. The highest BCUT2D eigenvalue weighted by atomic mass is 35.5. The number of para-hydroxylation sites is 1. The maximum Gasteiger partial charge on any atom is 0.334 e. The number of benzene rings is 2. The average molecular weight is 358 g/mol. The fraction of sp³-hybridized carbons (Fsp3) is 0.300. The summed E-state index contributed by atoms with van der Waals surface area (Å²) in [5.41, 5.74) is 1.38. The second-order valence-corrected chi connectivity index (χ2v) is 6.62. The molecule has 5 heteroatoms. The van der Waals surface area contributed by atoms with Crippen LogP contribution in [0.3, 0.4) is 0 Å². The Balaban J connectivity index is 1.79. The monoisotopic (exact) mass is 357 g/mol. The van der Waals surface area contributed by atoms with Gasteiger partial charge in [0.05, 0.1) is 0 Å². The van der Waals surface area contributed by atoms with Gasteiger partial charge in [0.15, 0.2) is 0 Å². The van der Waals surface area contributed by atoms with Gasteiger partial charge in [-0.25, -0.2) is 4.79 Å². The van der Waals surface area contributed by atoms with E-state index in [-0.39, 0.29) is 11.9 Å². The molecule has 1 saturated heterocycles. The zero-order chi connectivity index (χ0) is 17.8. The molecular formula is C20H20ClNO3. The van der Waals surface area contributed by atoms with Crippen molar-refractivity contribution < 1.29 is 14.3 Å². The number of nitrogens with zero attached hydrogens (tertiary/aromatic N) is 1. The quantitative estimate of drug-likeness (QED) is 0.609. The van der Waals surface area contributed by atoms with Gasteiger partial charge < -0.3 is 9.64 Å². The average Bonchev–Trinajstić information content (AvgIpc) is 2.64. The van der Waals surface area contributed by atoms with E-state index in [9.17, 15) is 9.59 Å². The fourth-order valence-corrected chi connectivity index (χ4v) is 3.15. The van der Waals surface area contributed by atoms with E-state index in [0.717, 1.165) is 18.4 Å². The van der Waals surface area contributed by atoms with E-state index in [1.54, 1.807) is 35.2 Å². The van der Waals surface area contributed by atoms with E-state index in [4.69, 9.17) is 16.3 Å². The largest absolute Gasteiger partial charge is 0.425 e. The Morgan fingerprint density at radius 1 is 1.12 bits per heavy atom. The van der Waals surface area contributed by atoms with Crippen molar-refractivity contribution in [3.8, 4) is 5.75 Å². The Morgan fingerprint density at radius 3 is 2.60 bits per heavy atom. The SMILES string of the molecule is Cc1cc(C(=O)N2CCCC[C@@H]2C(=O)Oc2ccccc2)ccc1Cl. The van der Waals surface area contributed by atoms with E-state index in [1.165, 1.54) is 0 Å². The first-order valence-electron chi connectivity index (χ1n) is 8.40. The van der Waals surface area contributed by atoms with Crippen LogP contribution in [-0.2, 0) is 4.79 Å². The lowest BCUT2D eigenvalue weighted by molar-refractivity contribution is -0.140. The van der Waals surface area contributed by atoms with Crippen LogP contribution in [0.25, 0.3) is 0 Å². The topological polar surface area (TPSA) is 46.6 Å². The fourth-order valence-electron chi connectivity index (χ4n) is 3.04. The first-order valence-corrected chi connectivity index (χ1v) is 8.78. The van der Waals surface area contributed by atoms with Crippen molar-refractivity contribution >= 4 is 23.5 Å². The zero-order valence-corrected chi connectivity index (χ0v) is 14.8. The van der Waals surface area contributed by atoms with Crippen molar-refractivity contribution in [3.05, 3.63) is 64.7 Å². The summed E-state index contributed by atoms with van der Waals surface area (Å²) in [6, 6.07) is 13.6. The molecule has 1 aliphatic heterocycles. The number of esters is 1. The number of rotatable bonds is 3. The molecule has 0 aliphatic carbocycles. The van der Waals surface area contributed by atoms with Crippen LogP contribution >= 0.6 is 11.6 Å². The third kappa shape index (κ3) is 4.02. The van der Waals surface area contributed by atoms with Crippen molar-refractivity contribution in [3.63, 3.8) is 0 Å². The summed E-state index contributed by atoms with van der Waals surface area (Å²) in [6.07, 6.45) is 2.40. The van der Waals surface area contributed by atoms with Crippen molar-refractivity contribution in [2.45, 2.75) is 32.2 Å². The molecule has 2 aromatic carbocycles. The Hall–Kier alpha value is -2.33. The predicted octanol–water partition coefficient (Wildman–Crippen LogP) is 4.25. The number of carbonyl (C=O) groups excluding carboxylic acids is 2. The second-order valence-electron chi connectivity index (χ2n) is 6.21. The van der Waals surface area contributed by atoms with Gasteiger partial charge in [0.2, 0.25) is 0 Å². The van der Waals surface area contributed by atoms with Gasteiger partial charge in [0.25, 0.3) is 5.91 Å². The molecule has 0 saturated carbocycles. The number of likely N-dealkylation sites (tertiary alicyclic amines) is 1. The minimum Gasteiger partial charge on any atom is -0.425 e. The van der Waals surface area contributed by atoms with Gasteiger partial charge in [-0.1, -0.05) is 29.8 Å². The van der Waals surface area contributed by atoms with Gasteiger partial charge in [0, 0.05) is 17.1 Å². The number of aryl methyl sites for hydroxylation is 1. The summed E-state index contributed by atoms with van der Waals surface area (Å²) in [5, 5.41) is 0.621. The Bertz CT molecular complexity index is 776. The maximum absolute atomic E-state index is 12.9. The van der Waals surface area contributed by atoms with E-state index in [0.29, 0.717) is 29.3 Å². The van der Waals surface area contributed by atoms with Crippen LogP contribution in [-0.4, -0.2) is 29.4 Å². The molecule has 130 valence electrons. The van der Waals surface area contributed by atoms with Crippen molar-refractivity contribution in [2.24, 2.45) is 0 Å². The molecule has 0 unspecified atom stereocenters. The lowest BCUT2D eigenvalue weighted by atomic mass is 10.0. The van der Waals surface area contributed by atoms with Crippen LogP contribution in [0.4, 0.5) is 0 Å². The Kier molecular flexibility index (Phi) is 5.39. The molecule has 4 nitrogen and oxygen atoms in total. The molecule has 0 bridgehead atoms. The first kappa shape index (κ1) is 17.5. The molecule has 25 heavy (non-hydrogen) atoms.